The second kappa shape index (κ2) is 3.81. The SMILES string of the molecule is Cn1cc2cc(N3CCCCC3)ccc2n1. The Hall–Kier alpha value is -1.51. The zero-order valence-electron chi connectivity index (χ0n) is 9.69. The Morgan fingerprint density at radius 2 is 1.94 bits per heavy atom. The van der Waals surface area contributed by atoms with E-state index < -0.39 is 0 Å². The molecule has 2 aromatic rings. The van der Waals surface area contributed by atoms with Gasteiger partial charge in [-0.05, 0) is 37.5 Å². The van der Waals surface area contributed by atoms with Gasteiger partial charge >= 0.3 is 0 Å². The molecule has 1 aromatic carbocycles. The Bertz CT molecular complexity index is 495. The van der Waals surface area contributed by atoms with E-state index >= 15 is 0 Å². The number of anilines is 1. The molecule has 0 bridgehead atoms. The van der Waals surface area contributed by atoms with Crippen molar-refractivity contribution in [1.29, 1.82) is 0 Å². The number of rotatable bonds is 1. The predicted octanol–water partition coefficient (Wildman–Crippen LogP) is 2.56. The van der Waals surface area contributed by atoms with Gasteiger partial charge in [-0.15, -0.1) is 0 Å². The minimum Gasteiger partial charge on any atom is -0.372 e. The summed E-state index contributed by atoms with van der Waals surface area (Å²) in [6, 6.07) is 6.58. The second-order valence-corrected chi connectivity index (χ2v) is 4.59. The highest BCUT2D eigenvalue weighted by Gasteiger charge is 2.11. The first-order valence-electron chi connectivity index (χ1n) is 6.01. The highest BCUT2D eigenvalue weighted by Crippen LogP contribution is 2.23. The number of hydrogen-bond acceptors (Lipinski definition) is 2. The van der Waals surface area contributed by atoms with Gasteiger partial charge in [-0.25, -0.2) is 0 Å². The maximum atomic E-state index is 4.40. The molecule has 0 radical (unpaired) electrons. The molecule has 0 aliphatic carbocycles. The number of fused-ring (bicyclic) bond motifs is 1. The molecule has 1 aliphatic heterocycles. The quantitative estimate of drug-likeness (QED) is 0.729. The molecule has 84 valence electrons. The van der Waals surface area contributed by atoms with Crippen molar-refractivity contribution in [2.24, 2.45) is 7.05 Å². The van der Waals surface area contributed by atoms with Crippen LogP contribution >= 0.6 is 0 Å². The van der Waals surface area contributed by atoms with E-state index in [1.165, 1.54) is 43.4 Å². The first-order chi connectivity index (χ1) is 7.83. The van der Waals surface area contributed by atoms with Gasteiger partial charge in [0.15, 0.2) is 0 Å². The average Bonchev–Trinajstić information content (AvgIpc) is 2.69. The summed E-state index contributed by atoms with van der Waals surface area (Å²) in [5.74, 6) is 0. The predicted molar refractivity (Wildman–Crippen MR) is 66.8 cm³/mol. The summed E-state index contributed by atoms with van der Waals surface area (Å²) in [6.07, 6.45) is 6.12. The monoisotopic (exact) mass is 215 g/mol. The van der Waals surface area contributed by atoms with Crippen molar-refractivity contribution in [3.63, 3.8) is 0 Å². The molecule has 0 saturated carbocycles. The van der Waals surface area contributed by atoms with E-state index in [9.17, 15) is 0 Å². The molecule has 0 spiro atoms. The molecule has 0 N–H and O–H groups in total. The summed E-state index contributed by atoms with van der Waals surface area (Å²) in [5.41, 5.74) is 2.43. The summed E-state index contributed by atoms with van der Waals surface area (Å²) in [7, 11) is 1.97. The van der Waals surface area contributed by atoms with Gasteiger partial charge in [-0.1, -0.05) is 0 Å². The summed E-state index contributed by atoms with van der Waals surface area (Å²) in [6.45, 7) is 2.40. The normalized spacial score (nSPS) is 16.9. The van der Waals surface area contributed by atoms with Crippen molar-refractivity contribution < 1.29 is 0 Å². The van der Waals surface area contributed by atoms with Crippen molar-refractivity contribution in [3.05, 3.63) is 24.4 Å². The third-order valence-corrected chi connectivity index (χ3v) is 3.32. The van der Waals surface area contributed by atoms with Crippen LogP contribution < -0.4 is 4.90 Å². The molecule has 0 unspecified atom stereocenters. The Morgan fingerprint density at radius 1 is 1.12 bits per heavy atom. The van der Waals surface area contributed by atoms with Crippen LogP contribution in [0.25, 0.3) is 10.9 Å². The van der Waals surface area contributed by atoms with Gasteiger partial charge in [0.2, 0.25) is 0 Å². The average molecular weight is 215 g/mol. The molecule has 3 nitrogen and oxygen atoms in total. The van der Waals surface area contributed by atoms with Crippen LogP contribution in [0, 0.1) is 0 Å². The zero-order chi connectivity index (χ0) is 11.0. The number of hydrogen-bond donors (Lipinski definition) is 0. The van der Waals surface area contributed by atoms with Crippen molar-refractivity contribution in [1.82, 2.24) is 9.78 Å². The van der Waals surface area contributed by atoms with E-state index in [1.807, 2.05) is 11.7 Å². The van der Waals surface area contributed by atoms with Gasteiger partial charge < -0.3 is 4.90 Å². The Balaban J connectivity index is 1.97. The molecule has 1 saturated heterocycles. The molecule has 3 heteroatoms. The minimum atomic E-state index is 1.09. The van der Waals surface area contributed by atoms with E-state index in [0.717, 1.165) is 5.52 Å². The number of benzene rings is 1. The standard InChI is InChI=1S/C13H17N3/c1-15-10-11-9-12(5-6-13(11)14-15)16-7-3-2-4-8-16/h5-6,9-10H,2-4,7-8H2,1H3. The fourth-order valence-electron chi connectivity index (χ4n) is 2.49. The van der Waals surface area contributed by atoms with Crippen LogP contribution in [0.15, 0.2) is 24.4 Å². The summed E-state index contributed by atoms with van der Waals surface area (Å²) < 4.78 is 1.88. The molecule has 1 aromatic heterocycles. The van der Waals surface area contributed by atoms with E-state index in [-0.39, 0.29) is 0 Å². The van der Waals surface area contributed by atoms with Crippen LogP contribution in [-0.2, 0) is 7.05 Å². The van der Waals surface area contributed by atoms with Crippen molar-refractivity contribution in [2.45, 2.75) is 19.3 Å². The Morgan fingerprint density at radius 3 is 2.75 bits per heavy atom. The molecular weight excluding hydrogens is 198 g/mol. The maximum Gasteiger partial charge on any atom is 0.0924 e. The van der Waals surface area contributed by atoms with Crippen LogP contribution in [0.4, 0.5) is 5.69 Å². The van der Waals surface area contributed by atoms with Gasteiger partial charge in [0.25, 0.3) is 0 Å². The number of piperidine rings is 1. The lowest BCUT2D eigenvalue weighted by Gasteiger charge is -2.28. The van der Waals surface area contributed by atoms with Gasteiger partial charge in [-0.3, -0.25) is 4.68 Å². The van der Waals surface area contributed by atoms with Crippen molar-refractivity contribution >= 4 is 16.6 Å². The van der Waals surface area contributed by atoms with E-state index in [0.29, 0.717) is 0 Å². The van der Waals surface area contributed by atoms with Crippen LogP contribution in [0.5, 0.6) is 0 Å². The van der Waals surface area contributed by atoms with Crippen LogP contribution in [-0.4, -0.2) is 22.9 Å². The number of nitrogens with zero attached hydrogens (tertiary/aromatic N) is 3. The summed E-state index contributed by atoms with van der Waals surface area (Å²) in [4.78, 5) is 2.48. The maximum absolute atomic E-state index is 4.40. The Kier molecular flexibility index (Phi) is 2.31. The van der Waals surface area contributed by atoms with Gasteiger partial charge in [-0.2, -0.15) is 5.10 Å². The molecule has 2 heterocycles. The lowest BCUT2D eigenvalue weighted by molar-refractivity contribution is 0.578. The molecule has 0 atom stereocenters. The minimum absolute atomic E-state index is 1.09. The number of aromatic nitrogens is 2. The lowest BCUT2D eigenvalue weighted by Crippen LogP contribution is -2.29. The fraction of sp³-hybridized carbons (Fsp3) is 0.462. The molecule has 3 rings (SSSR count). The van der Waals surface area contributed by atoms with E-state index in [2.05, 4.69) is 34.4 Å². The molecule has 1 aliphatic rings. The summed E-state index contributed by atoms with van der Waals surface area (Å²) >= 11 is 0. The first-order valence-corrected chi connectivity index (χ1v) is 6.01. The third kappa shape index (κ3) is 1.66. The largest absolute Gasteiger partial charge is 0.372 e. The van der Waals surface area contributed by atoms with Gasteiger partial charge in [0.1, 0.15) is 0 Å². The van der Waals surface area contributed by atoms with Crippen LogP contribution in [0.2, 0.25) is 0 Å². The molecule has 0 amide bonds. The van der Waals surface area contributed by atoms with Crippen LogP contribution in [0.1, 0.15) is 19.3 Å². The Labute approximate surface area is 95.7 Å². The summed E-state index contributed by atoms with van der Waals surface area (Å²) in [5, 5.41) is 5.64. The van der Waals surface area contributed by atoms with Crippen molar-refractivity contribution in [2.75, 3.05) is 18.0 Å². The fourth-order valence-corrected chi connectivity index (χ4v) is 2.49. The lowest BCUT2D eigenvalue weighted by atomic mass is 10.1. The molecular formula is C13H17N3. The highest BCUT2D eigenvalue weighted by molar-refractivity contribution is 5.82. The zero-order valence-corrected chi connectivity index (χ0v) is 9.69. The smallest absolute Gasteiger partial charge is 0.0924 e. The van der Waals surface area contributed by atoms with E-state index in [4.69, 9.17) is 0 Å². The molecule has 1 fully saturated rings. The number of aryl methyl sites for hydroxylation is 1. The third-order valence-electron chi connectivity index (χ3n) is 3.32. The highest BCUT2D eigenvalue weighted by atomic mass is 15.2. The van der Waals surface area contributed by atoms with Crippen molar-refractivity contribution in [3.8, 4) is 0 Å². The van der Waals surface area contributed by atoms with Gasteiger partial charge in [0, 0.05) is 37.4 Å². The molecule has 16 heavy (non-hydrogen) atoms. The first kappa shape index (κ1) is 9.70. The van der Waals surface area contributed by atoms with Crippen LogP contribution in [0.3, 0.4) is 0 Å². The topological polar surface area (TPSA) is 21.1 Å². The van der Waals surface area contributed by atoms with E-state index in [1.54, 1.807) is 0 Å². The second-order valence-electron chi connectivity index (χ2n) is 4.59. The van der Waals surface area contributed by atoms with Gasteiger partial charge in [0.05, 0.1) is 5.52 Å².